The summed E-state index contributed by atoms with van der Waals surface area (Å²) in [6, 6.07) is 24.0. The van der Waals surface area contributed by atoms with Crippen molar-refractivity contribution in [2.24, 2.45) is 0 Å². The molecule has 1 aliphatic heterocycles. The van der Waals surface area contributed by atoms with Crippen LogP contribution >= 0.6 is 11.6 Å². The Morgan fingerprint density at radius 2 is 1.58 bits per heavy atom. The molecule has 0 atom stereocenters. The molecule has 4 aromatic rings. The Kier molecular flexibility index (Phi) is 5.49. The average Bonchev–Trinajstić information content (AvgIpc) is 3.24. The molecule has 5 rings (SSSR count). The summed E-state index contributed by atoms with van der Waals surface area (Å²) in [4.78, 5) is 21.0. The van der Waals surface area contributed by atoms with Crippen molar-refractivity contribution in [3.8, 4) is 0 Å². The van der Waals surface area contributed by atoms with Crippen LogP contribution in [0.1, 0.15) is 21.5 Å². The van der Waals surface area contributed by atoms with Crippen LogP contribution in [0.25, 0.3) is 10.9 Å². The van der Waals surface area contributed by atoms with E-state index >= 15 is 0 Å². The number of aromatic amines is 1. The lowest BCUT2D eigenvalue weighted by molar-refractivity contribution is 0.104. The predicted octanol–water partition coefficient (Wildman–Crippen LogP) is 5.37. The van der Waals surface area contributed by atoms with E-state index in [4.69, 9.17) is 11.6 Å². The van der Waals surface area contributed by atoms with E-state index in [0.29, 0.717) is 0 Å². The molecule has 1 aromatic heterocycles. The highest BCUT2D eigenvalue weighted by Crippen LogP contribution is 2.22. The lowest BCUT2D eigenvalue weighted by Gasteiger charge is -2.36. The number of nitrogens with zero attached hydrogens (tertiary/aromatic N) is 2. The number of hydrogen-bond acceptors (Lipinski definition) is 3. The van der Waals surface area contributed by atoms with Gasteiger partial charge in [0, 0.05) is 71.7 Å². The first-order valence-corrected chi connectivity index (χ1v) is 11.0. The van der Waals surface area contributed by atoms with E-state index in [2.05, 4.69) is 39.0 Å². The second kappa shape index (κ2) is 8.58. The van der Waals surface area contributed by atoms with Crippen LogP contribution in [0, 0.1) is 0 Å². The summed E-state index contributed by atoms with van der Waals surface area (Å²) in [5, 5.41) is 1.74. The Morgan fingerprint density at radius 1 is 0.871 bits per heavy atom. The molecule has 0 saturated carbocycles. The van der Waals surface area contributed by atoms with E-state index < -0.39 is 0 Å². The maximum Gasteiger partial charge on any atom is 0.195 e. The van der Waals surface area contributed by atoms with Gasteiger partial charge < -0.3 is 9.88 Å². The van der Waals surface area contributed by atoms with E-state index in [1.165, 1.54) is 11.3 Å². The molecule has 0 bridgehead atoms. The van der Waals surface area contributed by atoms with Crippen LogP contribution in [0.3, 0.4) is 0 Å². The number of carbonyl (C=O) groups is 1. The van der Waals surface area contributed by atoms with Crippen molar-refractivity contribution in [1.29, 1.82) is 0 Å². The van der Waals surface area contributed by atoms with E-state index in [9.17, 15) is 4.79 Å². The van der Waals surface area contributed by atoms with E-state index in [-0.39, 0.29) is 5.78 Å². The highest BCUT2D eigenvalue weighted by molar-refractivity contribution is 6.30. The number of anilines is 1. The zero-order valence-corrected chi connectivity index (χ0v) is 18.0. The van der Waals surface area contributed by atoms with Gasteiger partial charge in [-0.05, 0) is 35.9 Å². The second-order valence-corrected chi connectivity index (χ2v) is 8.45. The zero-order valence-electron chi connectivity index (χ0n) is 17.2. The van der Waals surface area contributed by atoms with E-state index in [1.807, 2.05) is 48.5 Å². The predicted molar refractivity (Wildman–Crippen MR) is 127 cm³/mol. The number of piperazine rings is 1. The van der Waals surface area contributed by atoms with Gasteiger partial charge in [-0.25, -0.2) is 0 Å². The molecule has 0 spiro atoms. The molecular formula is C26H24ClN3O. The highest BCUT2D eigenvalue weighted by Gasteiger charge is 2.18. The van der Waals surface area contributed by atoms with Gasteiger partial charge in [-0.15, -0.1) is 0 Å². The lowest BCUT2D eigenvalue weighted by Crippen LogP contribution is -2.45. The van der Waals surface area contributed by atoms with Crippen molar-refractivity contribution in [2.45, 2.75) is 6.54 Å². The second-order valence-electron chi connectivity index (χ2n) is 8.01. The Hall–Kier alpha value is -3.08. The normalized spacial score (nSPS) is 14.8. The quantitative estimate of drug-likeness (QED) is 0.433. The lowest BCUT2D eigenvalue weighted by atomic mass is 10.0. The van der Waals surface area contributed by atoms with Crippen LogP contribution in [0.5, 0.6) is 0 Å². The summed E-state index contributed by atoms with van der Waals surface area (Å²) in [6.45, 7) is 4.92. The van der Waals surface area contributed by atoms with Crippen molar-refractivity contribution < 1.29 is 4.79 Å². The van der Waals surface area contributed by atoms with Crippen LogP contribution in [0.15, 0.2) is 79.0 Å². The number of hydrogen-bond donors (Lipinski definition) is 1. The van der Waals surface area contributed by atoms with Gasteiger partial charge in [-0.3, -0.25) is 9.69 Å². The van der Waals surface area contributed by atoms with Crippen LogP contribution in [-0.4, -0.2) is 41.8 Å². The fraction of sp³-hybridized carbons (Fsp3) is 0.192. The minimum atomic E-state index is 0.0561. The standard InChI is InChI=1S/C26H24ClN3O/c27-21-9-11-22(12-10-21)30-15-13-29(14-16-30)18-19-5-7-20(8-6-19)26(31)24-17-28-25-4-2-1-3-23(24)25/h1-12,17,28H,13-16,18H2. The first-order valence-electron chi connectivity index (χ1n) is 10.6. The van der Waals surface area contributed by atoms with Gasteiger partial charge in [-0.2, -0.15) is 0 Å². The third-order valence-corrected chi connectivity index (χ3v) is 6.27. The molecule has 0 amide bonds. The fourth-order valence-corrected chi connectivity index (χ4v) is 4.38. The molecule has 0 radical (unpaired) electrons. The van der Waals surface area contributed by atoms with Crippen molar-refractivity contribution in [3.63, 3.8) is 0 Å². The number of halogens is 1. The third-order valence-electron chi connectivity index (χ3n) is 6.02. The molecule has 1 N–H and O–H groups in total. The average molecular weight is 430 g/mol. The molecule has 3 aromatic carbocycles. The number of nitrogens with one attached hydrogen (secondary N) is 1. The first-order chi connectivity index (χ1) is 15.2. The SMILES string of the molecule is O=C(c1ccc(CN2CCN(c3ccc(Cl)cc3)CC2)cc1)c1c[nH]c2ccccc12. The molecule has 0 unspecified atom stereocenters. The summed E-state index contributed by atoms with van der Waals surface area (Å²) in [5.74, 6) is 0.0561. The van der Waals surface area contributed by atoms with E-state index in [0.717, 1.165) is 59.8 Å². The van der Waals surface area contributed by atoms with Crippen LogP contribution in [0.4, 0.5) is 5.69 Å². The fourth-order valence-electron chi connectivity index (χ4n) is 4.25. The number of carbonyl (C=O) groups excluding carboxylic acids is 1. The largest absolute Gasteiger partial charge is 0.369 e. The number of benzene rings is 3. The van der Waals surface area contributed by atoms with Gasteiger partial charge in [-0.1, -0.05) is 54.1 Å². The van der Waals surface area contributed by atoms with Gasteiger partial charge in [0.25, 0.3) is 0 Å². The Labute approximate surface area is 187 Å². The molecule has 1 aliphatic rings. The molecule has 31 heavy (non-hydrogen) atoms. The highest BCUT2D eigenvalue weighted by atomic mass is 35.5. The smallest absolute Gasteiger partial charge is 0.195 e. The molecule has 1 saturated heterocycles. The van der Waals surface area contributed by atoms with Gasteiger partial charge in [0.15, 0.2) is 5.78 Å². The van der Waals surface area contributed by atoms with Gasteiger partial charge in [0.2, 0.25) is 0 Å². The summed E-state index contributed by atoms with van der Waals surface area (Å²) in [7, 11) is 0. The van der Waals surface area contributed by atoms with Gasteiger partial charge >= 0.3 is 0 Å². The third kappa shape index (κ3) is 4.22. The van der Waals surface area contributed by atoms with Crippen molar-refractivity contribution in [2.75, 3.05) is 31.1 Å². The van der Waals surface area contributed by atoms with Crippen LogP contribution < -0.4 is 4.90 Å². The topological polar surface area (TPSA) is 39.3 Å². The number of H-pyrrole nitrogens is 1. The number of ketones is 1. The van der Waals surface area contributed by atoms with Gasteiger partial charge in [0.05, 0.1) is 0 Å². The molecule has 156 valence electrons. The Bertz CT molecular complexity index is 1190. The van der Waals surface area contributed by atoms with Crippen molar-refractivity contribution in [1.82, 2.24) is 9.88 Å². The molecule has 2 heterocycles. The Morgan fingerprint density at radius 3 is 2.32 bits per heavy atom. The summed E-state index contributed by atoms with van der Waals surface area (Å²) >= 11 is 6.00. The van der Waals surface area contributed by atoms with Crippen LogP contribution in [-0.2, 0) is 6.54 Å². The van der Waals surface area contributed by atoms with E-state index in [1.54, 1.807) is 6.20 Å². The minimum absolute atomic E-state index is 0.0561. The number of fused-ring (bicyclic) bond motifs is 1. The summed E-state index contributed by atoms with van der Waals surface area (Å²) in [5.41, 5.74) is 4.89. The molecule has 0 aliphatic carbocycles. The molecule has 4 nitrogen and oxygen atoms in total. The zero-order chi connectivity index (χ0) is 21.2. The number of aromatic nitrogens is 1. The number of para-hydroxylation sites is 1. The Balaban J connectivity index is 1.21. The van der Waals surface area contributed by atoms with Crippen molar-refractivity contribution >= 4 is 34.0 Å². The van der Waals surface area contributed by atoms with Crippen molar-refractivity contribution in [3.05, 3.63) is 101 Å². The maximum absolute atomic E-state index is 13.0. The number of rotatable bonds is 5. The first kappa shape index (κ1) is 19.9. The monoisotopic (exact) mass is 429 g/mol. The minimum Gasteiger partial charge on any atom is -0.369 e. The molecular weight excluding hydrogens is 406 g/mol. The van der Waals surface area contributed by atoms with Crippen LogP contribution in [0.2, 0.25) is 5.02 Å². The summed E-state index contributed by atoms with van der Waals surface area (Å²) < 4.78 is 0. The molecule has 5 heteroatoms. The maximum atomic E-state index is 13.0. The molecule has 1 fully saturated rings. The van der Waals surface area contributed by atoms with Gasteiger partial charge in [0.1, 0.15) is 0 Å². The summed E-state index contributed by atoms with van der Waals surface area (Å²) in [6.07, 6.45) is 1.81.